The van der Waals surface area contributed by atoms with Gasteiger partial charge in [0, 0.05) is 50.6 Å². The Labute approximate surface area is 117 Å². The number of ketones is 2. The summed E-state index contributed by atoms with van der Waals surface area (Å²) in [7, 11) is 0. The van der Waals surface area contributed by atoms with Gasteiger partial charge < -0.3 is 4.74 Å². The van der Waals surface area contributed by atoms with Crippen LogP contribution in [0.2, 0.25) is 0 Å². The van der Waals surface area contributed by atoms with Crippen LogP contribution in [0.3, 0.4) is 0 Å². The summed E-state index contributed by atoms with van der Waals surface area (Å²) in [6.45, 7) is 0. The number of rotatable bonds is 0. The second kappa shape index (κ2) is 7.09. The Morgan fingerprint density at radius 3 is 1.27 bits per heavy atom. The van der Waals surface area contributed by atoms with Gasteiger partial charge in [0.05, 0.1) is 19.3 Å². The minimum absolute atomic E-state index is 0. The minimum atomic E-state index is -0.398. The molecule has 1 saturated carbocycles. The van der Waals surface area contributed by atoms with Crippen molar-refractivity contribution in [3.05, 3.63) is 0 Å². The molecule has 0 aromatic rings. The third-order valence-electron chi connectivity index (χ3n) is 1.84. The Hall–Kier alpha value is -0.260. The van der Waals surface area contributed by atoms with Crippen LogP contribution in [0.1, 0.15) is 32.1 Å². The molecule has 1 heterocycles. The Morgan fingerprint density at radius 2 is 1.13 bits per heavy atom. The van der Waals surface area contributed by atoms with Crippen LogP contribution in [-0.4, -0.2) is 23.5 Å². The van der Waals surface area contributed by atoms with E-state index in [1.165, 1.54) is 0 Å². The van der Waals surface area contributed by atoms with Gasteiger partial charge in [0.1, 0.15) is 11.6 Å². The number of cyclic esters (lactones) is 2. The van der Waals surface area contributed by atoms with Crippen LogP contribution in [0, 0.1) is 37.7 Å². The number of hydrogen-bond donors (Lipinski definition) is 0. The van der Waals surface area contributed by atoms with Gasteiger partial charge in [-0.3, -0.25) is 19.2 Å². The van der Waals surface area contributed by atoms with Gasteiger partial charge in [0.2, 0.25) is 0 Å². The fourth-order valence-corrected chi connectivity index (χ4v) is 1.11. The number of hydrogen-bond acceptors (Lipinski definition) is 5. The van der Waals surface area contributed by atoms with E-state index in [2.05, 4.69) is 4.74 Å². The molecule has 2 fully saturated rings. The SMILES string of the molecule is O=C1CCC(=O)C1.O=C1CCC(=O)O1.[Ar]. The third-order valence-corrected chi connectivity index (χ3v) is 1.84. The molecule has 2 aliphatic rings. The zero-order chi connectivity index (χ0) is 10.6. The van der Waals surface area contributed by atoms with Gasteiger partial charge in [-0.1, -0.05) is 0 Å². The molecule has 1 saturated heterocycles. The maximum Gasteiger partial charge on any atom is 0.314 e. The Balaban J connectivity index is 0.000000245. The smallest absolute Gasteiger partial charge is 0.314 e. The van der Waals surface area contributed by atoms with Gasteiger partial charge >= 0.3 is 11.9 Å². The van der Waals surface area contributed by atoms with Crippen LogP contribution in [-0.2, 0) is 23.9 Å². The van der Waals surface area contributed by atoms with Crippen molar-refractivity contribution >= 4 is 23.5 Å². The van der Waals surface area contributed by atoms with E-state index in [0.717, 1.165) is 0 Å². The topological polar surface area (TPSA) is 77.5 Å². The number of Topliss-reactive ketones (excluding diaryl/α,β-unsaturated/α-hetero) is 2. The molecule has 0 atom stereocenters. The fourth-order valence-electron chi connectivity index (χ4n) is 1.11. The van der Waals surface area contributed by atoms with E-state index in [1.807, 2.05) is 0 Å². The molecule has 1 aliphatic heterocycles. The van der Waals surface area contributed by atoms with E-state index in [1.54, 1.807) is 0 Å². The summed E-state index contributed by atoms with van der Waals surface area (Å²) in [5.74, 6) is -0.593. The number of esters is 2. The number of carbonyl (C=O) groups excluding carboxylic acids is 4. The molecular weight excluding hydrogens is 228 g/mol. The average Bonchev–Trinajstić information content (AvgIpc) is 2.63. The van der Waals surface area contributed by atoms with Crippen molar-refractivity contribution in [1.82, 2.24) is 0 Å². The average molecular weight is 238 g/mol. The van der Waals surface area contributed by atoms with Crippen LogP contribution in [0.5, 0.6) is 0 Å². The molecule has 1 aliphatic carbocycles. The van der Waals surface area contributed by atoms with Gasteiger partial charge in [-0.25, -0.2) is 0 Å². The Morgan fingerprint density at radius 1 is 0.733 bits per heavy atom. The van der Waals surface area contributed by atoms with E-state index in [4.69, 9.17) is 0 Å². The molecule has 0 amide bonds. The van der Waals surface area contributed by atoms with Gasteiger partial charge in [0.25, 0.3) is 0 Å². The summed E-state index contributed by atoms with van der Waals surface area (Å²) in [6.07, 6.45) is 1.69. The molecule has 0 radical (unpaired) electrons. The van der Waals surface area contributed by atoms with Crippen molar-refractivity contribution in [2.24, 2.45) is 0 Å². The van der Waals surface area contributed by atoms with E-state index < -0.39 is 11.9 Å². The van der Waals surface area contributed by atoms with Crippen molar-refractivity contribution in [2.45, 2.75) is 32.1 Å². The first kappa shape index (κ1) is 14.7. The second-order valence-electron chi connectivity index (χ2n) is 3.10. The summed E-state index contributed by atoms with van der Waals surface area (Å²) in [4.78, 5) is 40.5. The standard InChI is InChI=1S/C5H6O2.C4H4O3.Ar/c6-4-1-2-5(7)3-4;5-3-1-2-4(6)7-3;/h1-3H2;1-2H2;. The maximum atomic E-state index is 10.2. The first-order valence-electron chi connectivity index (χ1n) is 4.35. The first-order chi connectivity index (χ1) is 6.58. The molecule has 0 bridgehead atoms. The minimum Gasteiger partial charge on any atom is -0.393 e. The molecule has 0 N–H and O–H groups in total. The zero-order valence-corrected chi connectivity index (χ0v) is 8.64. The van der Waals surface area contributed by atoms with Crippen molar-refractivity contribution in [3.63, 3.8) is 0 Å². The molecule has 5 nitrogen and oxygen atoms in total. The quantitative estimate of drug-likeness (QED) is 0.443. The van der Waals surface area contributed by atoms with E-state index in [-0.39, 0.29) is 68.6 Å². The third kappa shape index (κ3) is 6.02. The van der Waals surface area contributed by atoms with Crippen LogP contribution in [0.25, 0.3) is 0 Å². The van der Waals surface area contributed by atoms with E-state index >= 15 is 0 Å². The van der Waals surface area contributed by atoms with Gasteiger partial charge in [-0.15, -0.1) is 0 Å². The monoisotopic (exact) mass is 238 g/mol. The Bertz CT molecular complexity index is 239. The Kier molecular flexibility index (Phi) is 6.96. The van der Waals surface area contributed by atoms with Crippen LogP contribution in [0.15, 0.2) is 0 Å². The molecule has 2 rings (SSSR count). The van der Waals surface area contributed by atoms with Crippen LogP contribution < -0.4 is 0 Å². The molecule has 0 aromatic heterocycles. The number of carbonyl (C=O) groups is 4. The molecule has 15 heavy (non-hydrogen) atoms. The summed E-state index contributed by atoms with van der Waals surface area (Å²) < 4.78 is 4.08. The van der Waals surface area contributed by atoms with Gasteiger partial charge in [-0.05, 0) is 0 Å². The summed E-state index contributed by atoms with van der Waals surface area (Å²) in [5, 5.41) is 0. The van der Waals surface area contributed by atoms with Crippen molar-refractivity contribution in [3.8, 4) is 0 Å². The summed E-state index contributed by atoms with van der Waals surface area (Å²) in [6, 6.07) is 0. The van der Waals surface area contributed by atoms with E-state index in [0.29, 0.717) is 12.8 Å². The molecule has 0 spiro atoms. The van der Waals surface area contributed by atoms with Crippen molar-refractivity contribution in [1.29, 1.82) is 0 Å². The van der Waals surface area contributed by atoms with Gasteiger partial charge in [-0.2, -0.15) is 0 Å². The van der Waals surface area contributed by atoms with Crippen LogP contribution in [0.4, 0.5) is 0 Å². The molecule has 6 heteroatoms. The van der Waals surface area contributed by atoms with Crippen molar-refractivity contribution in [2.75, 3.05) is 0 Å². The predicted molar refractivity (Wildman–Crippen MR) is 44.2 cm³/mol. The summed E-state index contributed by atoms with van der Waals surface area (Å²) >= 11 is 0. The van der Waals surface area contributed by atoms with Gasteiger partial charge in [0.15, 0.2) is 0 Å². The largest absolute Gasteiger partial charge is 0.393 e. The molecule has 0 aromatic carbocycles. The predicted octanol–water partition coefficient (Wildman–Crippen LogP) is 0.158. The van der Waals surface area contributed by atoms with Crippen molar-refractivity contribution < 1.29 is 61.7 Å². The molecule has 0 unspecified atom stereocenters. The maximum absolute atomic E-state index is 10.2. The summed E-state index contributed by atoms with van der Waals surface area (Å²) in [5.41, 5.74) is 0. The molecular formula is C9H10ArO5. The number of ether oxygens (including phenoxy) is 1. The molecule has 84 valence electrons. The second-order valence-corrected chi connectivity index (χ2v) is 3.10. The fraction of sp³-hybridized carbons (Fsp3) is 0.556. The normalized spacial score (nSPS) is 19.2. The van der Waals surface area contributed by atoms with E-state index in [9.17, 15) is 19.2 Å². The zero-order valence-electron chi connectivity index (χ0n) is 7.93. The first-order valence-corrected chi connectivity index (χ1v) is 4.35. The van der Waals surface area contributed by atoms with Crippen LogP contribution >= 0.6 is 0 Å².